The Hall–Kier alpha value is 0.0100. The predicted octanol–water partition coefficient (Wildman–Crippen LogP) is 1.54. The molecule has 0 bridgehead atoms. The van der Waals surface area contributed by atoms with Crippen LogP contribution in [0.2, 0.25) is 0 Å². The highest BCUT2D eigenvalue weighted by Crippen LogP contribution is 2.28. The third-order valence-electron chi connectivity index (χ3n) is 2.32. The van der Waals surface area contributed by atoms with Gasteiger partial charge in [0.05, 0.1) is 0 Å². The number of rotatable bonds is 4. The van der Waals surface area contributed by atoms with Crippen molar-refractivity contribution < 1.29 is 0 Å². The lowest BCUT2D eigenvalue weighted by Gasteiger charge is -2.21. The van der Waals surface area contributed by atoms with Crippen LogP contribution in [0, 0.1) is 5.92 Å². The predicted molar refractivity (Wildman–Crippen MR) is 56.0 cm³/mol. The summed E-state index contributed by atoms with van der Waals surface area (Å²) >= 11 is 2.03. The topological polar surface area (TPSA) is 38.0 Å². The molecule has 1 aliphatic rings. The average Bonchev–Trinajstić information content (AvgIpc) is 2.51. The Morgan fingerprint density at radius 1 is 1.83 bits per heavy atom. The van der Waals surface area contributed by atoms with Crippen LogP contribution in [0.5, 0.6) is 0 Å². The largest absolute Gasteiger partial charge is 0.271 e. The number of nitrogens with two attached hydrogens (primary N) is 1. The Bertz CT molecular complexity index is 153. The fourth-order valence-electron chi connectivity index (χ4n) is 1.61. The molecule has 0 aromatic rings. The third-order valence-corrected chi connectivity index (χ3v) is 3.50. The van der Waals surface area contributed by atoms with Crippen LogP contribution >= 0.6 is 11.8 Å². The van der Waals surface area contributed by atoms with Crippen molar-refractivity contribution in [2.45, 2.75) is 25.8 Å². The fourth-order valence-corrected chi connectivity index (χ4v) is 2.94. The van der Waals surface area contributed by atoms with E-state index < -0.39 is 0 Å². The first-order chi connectivity index (χ1) is 5.74. The molecule has 3 N–H and O–H groups in total. The maximum absolute atomic E-state index is 5.50. The highest BCUT2D eigenvalue weighted by Gasteiger charge is 2.24. The fraction of sp³-hybridized carbons (Fsp3) is 0.778. The van der Waals surface area contributed by atoms with Gasteiger partial charge in [-0.15, -0.1) is 6.58 Å². The van der Waals surface area contributed by atoms with E-state index in [4.69, 9.17) is 5.84 Å². The van der Waals surface area contributed by atoms with E-state index in [1.165, 1.54) is 23.5 Å². The molecule has 2 atom stereocenters. The van der Waals surface area contributed by atoms with Gasteiger partial charge >= 0.3 is 0 Å². The quantitative estimate of drug-likeness (QED) is 0.397. The molecule has 70 valence electrons. The second-order valence-electron chi connectivity index (χ2n) is 3.56. The SMILES string of the molecule is C=C(C)CC(NN)C1CCSC1. The molecule has 1 rings (SSSR count). The van der Waals surface area contributed by atoms with E-state index in [1.54, 1.807) is 0 Å². The van der Waals surface area contributed by atoms with Gasteiger partial charge in [-0.05, 0) is 37.2 Å². The zero-order valence-electron chi connectivity index (χ0n) is 7.68. The molecule has 0 amide bonds. The number of hydrogen-bond acceptors (Lipinski definition) is 3. The van der Waals surface area contributed by atoms with E-state index in [-0.39, 0.29) is 0 Å². The van der Waals surface area contributed by atoms with E-state index in [0.29, 0.717) is 6.04 Å². The maximum Gasteiger partial charge on any atom is 0.0283 e. The van der Waals surface area contributed by atoms with Crippen molar-refractivity contribution in [1.29, 1.82) is 0 Å². The molecule has 0 aromatic heterocycles. The van der Waals surface area contributed by atoms with Gasteiger partial charge in [-0.3, -0.25) is 11.3 Å². The summed E-state index contributed by atoms with van der Waals surface area (Å²) in [5.74, 6) is 8.79. The first-order valence-electron chi connectivity index (χ1n) is 4.42. The van der Waals surface area contributed by atoms with Crippen molar-refractivity contribution >= 4 is 11.8 Å². The number of thioether (sulfide) groups is 1. The minimum Gasteiger partial charge on any atom is -0.271 e. The molecule has 12 heavy (non-hydrogen) atoms. The minimum atomic E-state index is 0.442. The smallest absolute Gasteiger partial charge is 0.0283 e. The Kier molecular flexibility index (Phi) is 4.12. The summed E-state index contributed by atoms with van der Waals surface area (Å²) in [6.07, 6.45) is 2.31. The molecule has 1 heterocycles. The highest BCUT2D eigenvalue weighted by atomic mass is 32.2. The van der Waals surface area contributed by atoms with Gasteiger partial charge in [0.1, 0.15) is 0 Å². The summed E-state index contributed by atoms with van der Waals surface area (Å²) in [5.41, 5.74) is 4.12. The van der Waals surface area contributed by atoms with Gasteiger partial charge in [-0.25, -0.2) is 0 Å². The molecule has 1 fully saturated rings. The lowest BCUT2D eigenvalue weighted by molar-refractivity contribution is 0.385. The van der Waals surface area contributed by atoms with Crippen molar-refractivity contribution in [3.05, 3.63) is 12.2 Å². The van der Waals surface area contributed by atoms with Gasteiger partial charge in [0.15, 0.2) is 0 Å². The molecule has 0 aliphatic carbocycles. The molecule has 1 aliphatic heterocycles. The van der Waals surface area contributed by atoms with Crippen LogP contribution in [0.4, 0.5) is 0 Å². The van der Waals surface area contributed by atoms with Gasteiger partial charge in [0.25, 0.3) is 0 Å². The zero-order valence-corrected chi connectivity index (χ0v) is 8.49. The van der Waals surface area contributed by atoms with Crippen LogP contribution in [0.15, 0.2) is 12.2 Å². The lowest BCUT2D eigenvalue weighted by atomic mass is 9.94. The van der Waals surface area contributed by atoms with Gasteiger partial charge in [0.2, 0.25) is 0 Å². The molecule has 0 spiro atoms. The summed E-state index contributed by atoms with van der Waals surface area (Å²) in [6.45, 7) is 5.97. The molecular formula is C9H18N2S. The third kappa shape index (κ3) is 2.81. The Labute approximate surface area is 78.9 Å². The van der Waals surface area contributed by atoms with E-state index in [2.05, 4.69) is 18.9 Å². The second kappa shape index (κ2) is 4.90. The second-order valence-corrected chi connectivity index (χ2v) is 4.71. The van der Waals surface area contributed by atoms with E-state index in [9.17, 15) is 0 Å². The molecule has 2 unspecified atom stereocenters. The molecule has 2 nitrogen and oxygen atoms in total. The van der Waals surface area contributed by atoms with Crippen LogP contribution in [-0.2, 0) is 0 Å². The minimum absolute atomic E-state index is 0.442. The summed E-state index contributed by atoms with van der Waals surface area (Å²) < 4.78 is 0. The molecule has 0 saturated carbocycles. The van der Waals surface area contributed by atoms with Crippen molar-refractivity contribution in [1.82, 2.24) is 5.43 Å². The maximum atomic E-state index is 5.50. The monoisotopic (exact) mass is 186 g/mol. The number of hydrazine groups is 1. The molecular weight excluding hydrogens is 168 g/mol. The average molecular weight is 186 g/mol. The summed E-state index contributed by atoms with van der Waals surface area (Å²) in [6, 6.07) is 0.442. The molecule has 0 radical (unpaired) electrons. The van der Waals surface area contributed by atoms with E-state index >= 15 is 0 Å². The zero-order chi connectivity index (χ0) is 8.97. The van der Waals surface area contributed by atoms with Crippen LogP contribution in [0.1, 0.15) is 19.8 Å². The van der Waals surface area contributed by atoms with Gasteiger partial charge in [-0.2, -0.15) is 11.8 Å². The van der Waals surface area contributed by atoms with Crippen molar-refractivity contribution in [3.63, 3.8) is 0 Å². The van der Waals surface area contributed by atoms with Gasteiger partial charge in [0, 0.05) is 6.04 Å². The summed E-state index contributed by atoms with van der Waals surface area (Å²) in [5, 5.41) is 0. The Balaban J connectivity index is 2.37. The van der Waals surface area contributed by atoms with E-state index in [1.807, 2.05) is 11.8 Å². The number of nitrogens with one attached hydrogen (secondary N) is 1. The van der Waals surface area contributed by atoms with Crippen LogP contribution < -0.4 is 11.3 Å². The Morgan fingerprint density at radius 3 is 3.00 bits per heavy atom. The highest BCUT2D eigenvalue weighted by molar-refractivity contribution is 7.99. The molecule has 0 aromatic carbocycles. The summed E-state index contributed by atoms with van der Waals surface area (Å²) in [4.78, 5) is 0. The van der Waals surface area contributed by atoms with Gasteiger partial charge in [-0.1, -0.05) is 5.57 Å². The summed E-state index contributed by atoms with van der Waals surface area (Å²) in [7, 11) is 0. The Morgan fingerprint density at radius 2 is 2.58 bits per heavy atom. The van der Waals surface area contributed by atoms with Crippen LogP contribution in [0.25, 0.3) is 0 Å². The molecule has 3 heteroatoms. The van der Waals surface area contributed by atoms with Crippen molar-refractivity contribution in [2.75, 3.05) is 11.5 Å². The van der Waals surface area contributed by atoms with Crippen molar-refractivity contribution in [2.24, 2.45) is 11.8 Å². The first-order valence-corrected chi connectivity index (χ1v) is 5.57. The van der Waals surface area contributed by atoms with Gasteiger partial charge < -0.3 is 0 Å². The van der Waals surface area contributed by atoms with Crippen LogP contribution in [-0.4, -0.2) is 17.5 Å². The van der Waals surface area contributed by atoms with Crippen LogP contribution in [0.3, 0.4) is 0 Å². The van der Waals surface area contributed by atoms with E-state index in [0.717, 1.165) is 12.3 Å². The first kappa shape index (κ1) is 10.1. The lowest BCUT2D eigenvalue weighted by Crippen LogP contribution is -2.41. The molecule has 1 saturated heterocycles. The normalized spacial score (nSPS) is 25.7. The number of hydrogen-bond donors (Lipinski definition) is 2. The standard InChI is InChI=1S/C9H18N2S/c1-7(2)5-9(11-10)8-3-4-12-6-8/h8-9,11H,1,3-6,10H2,2H3. The van der Waals surface area contributed by atoms with Crippen molar-refractivity contribution in [3.8, 4) is 0 Å².